The van der Waals surface area contributed by atoms with E-state index in [1.54, 1.807) is 0 Å². The number of amides is 2. The third-order valence-electron chi connectivity index (χ3n) is 5.04. The molecule has 1 unspecified atom stereocenters. The van der Waals surface area contributed by atoms with Gasteiger partial charge in [0.05, 0.1) is 6.54 Å². The number of carbonyl (C=O) groups excluding carboxylic acids is 2. The molecule has 1 saturated heterocycles. The molecule has 2 aliphatic rings. The van der Waals surface area contributed by atoms with Gasteiger partial charge in [-0.15, -0.1) is 0 Å². The Morgan fingerprint density at radius 2 is 1.80 bits per heavy atom. The minimum Gasteiger partial charge on any atom is -0.345 e. The van der Waals surface area contributed by atoms with E-state index in [2.05, 4.69) is 19.2 Å². The summed E-state index contributed by atoms with van der Waals surface area (Å²) in [5.41, 5.74) is 0. The zero-order valence-corrected chi connectivity index (χ0v) is 12.9. The predicted octanol–water partition coefficient (Wildman–Crippen LogP) is 2.33. The molecule has 0 aromatic carbocycles. The molecule has 0 spiro atoms. The predicted molar refractivity (Wildman–Crippen MR) is 79.2 cm³/mol. The van der Waals surface area contributed by atoms with E-state index < -0.39 is 0 Å². The minimum atomic E-state index is -0.211. The lowest BCUT2D eigenvalue weighted by Gasteiger charge is -2.42. The Hall–Kier alpha value is -1.06. The molecule has 0 aromatic heterocycles. The molecule has 2 fully saturated rings. The van der Waals surface area contributed by atoms with Crippen molar-refractivity contribution >= 4 is 11.8 Å². The van der Waals surface area contributed by atoms with Crippen molar-refractivity contribution in [2.45, 2.75) is 64.8 Å². The summed E-state index contributed by atoms with van der Waals surface area (Å²) in [6, 6.07) is -0.211. The lowest BCUT2D eigenvalue weighted by molar-refractivity contribution is -0.149. The Bertz CT molecular complexity index is 346. The van der Waals surface area contributed by atoms with Crippen LogP contribution in [0.1, 0.15) is 58.8 Å². The van der Waals surface area contributed by atoms with Crippen LogP contribution in [0.15, 0.2) is 0 Å². The molecule has 1 atom stereocenters. The third kappa shape index (κ3) is 3.33. The SMILES string of the molecule is CCC(CC)CN1C(=O)CNC(=O)C1C1CCCCC1. The Kier molecular flexibility index (Phi) is 5.44. The Morgan fingerprint density at radius 1 is 1.15 bits per heavy atom. The maximum Gasteiger partial charge on any atom is 0.243 e. The molecular formula is C16H28N2O2. The smallest absolute Gasteiger partial charge is 0.243 e. The summed E-state index contributed by atoms with van der Waals surface area (Å²) in [6.07, 6.45) is 7.97. The summed E-state index contributed by atoms with van der Waals surface area (Å²) < 4.78 is 0. The van der Waals surface area contributed by atoms with Crippen molar-refractivity contribution in [2.24, 2.45) is 11.8 Å². The molecule has 1 heterocycles. The molecule has 2 rings (SSSR count). The quantitative estimate of drug-likeness (QED) is 0.840. The van der Waals surface area contributed by atoms with Gasteiger partial charge in [0.2, 0.25) is 11.8 Å². The number of hydrogen-bond donors (Lipinski definition) is 1. The normalized spacial score (nSPS) is 25.1. The molecule has 1 saturated carbocycles. The summed E-state index contributed by atoms with van der Waals surface area (Å²) >= 11 is 0. The summed E-state index contributed by atoms with van der Waals surface area (Å²) in [5.74, 6) is 1.05. The molecule has 114 valence electrons. The van der Waals surface area contributed by atoms with Crippen LogP contribution in [-0.4, -0.2) is 35.8 Å². The van der Waals surface area contributed by atoms with Crippen LogP contribution in [0.25, 0.3) is 0 Å². The first-order chi connectivity index (χ1) is 9.67. The lowest BCUT2D eigenvalue weighted by atomic mass is 9.81. The standard InChI is InChI=1S/C16H28N2O2/c1-3-12(4-2)11-18-14(19)10-17-16(20)15(18)13-8-6-5-7-9-13/h12-13,15H,3-11H2,1-2H3,(H,17,20). The second-order valence-corrected chi connectivity index (χ2v) is 6.29. The van der Waals surface area contributed by atoms with Crippen molar-refractivity contribution in [3.8, 4) is 0 Å². The number of hydrogen-bond acceptors (Lipinski definition) is 2. The first kappa shape index (κ1) is 15.3. The fraction of sp³-hybridized carbons (Fsp3) is 0.875. The van der Waals surface area contributed by atoms with E-state index in [0.717, 1.165) is 32.2 Å². The summed E-state index contributed by atoms with van der Waals surface area (Å²) in [6.45, 7) is 5.26. The molecule has 0 aromatic rings. The molecule has 0 bridgehead atoms. The highest BCUT2D eigenvalue weighted by Crippen LogP contribution is 2.31. The van der Waals surface area contributed by atoms with Crippen LogP contribution in [0.3, 0.4) is 0 Å². The molecule has 1 aliphatic heterocycles. The van der Waals surface area contributed by atoms with Gasteiger partial charge in [-0.3, -0.25) is 9.59 Å². The second-order valence-electron chi connectivity index (χ2n) is 6.29. The number of rotatable bonds is 5. The van der Waals surface area contributed by atoms with Gasteiger partial charge in [-0.25, -0.2) is 0 Å². The van der Waals surface area contributed by atoms with E-state index in [9.17, 15) is 9.59 Å². The van der Waals surface area contributed by atoms with Crippen molar-refractivity contribution in [1.29, 1.82) is 0 Å². The monoisotopic (exact) mass is 280 g/mol. The van der Waals surface area contributed by atoms with Gasteiger partial charge in [-0.2, -0.15) is 0 Å². The zero-order chi connectivity index (χ0) is 14.5. The number of nitrogens with one attached hydrogen (secondary N) is 1. The van der Waals surface area contributed by atoms with E-state index in [-0.39, 0.29) is 24.4 Å². The van der Waals surface area contributed by atoms with Gasteiger partial charge in [0.1, 0.15) is 6.04 Å². The van der Waals surface area contributed by atoms with Crippen LogP contribution < -0.4 is 5.32 Å². The van der Waals surface area contributed by atoms with Crippen LogP contribution in [0.5, 0.6) is 0 Å². The maximum atomic E-state index is 12.3. The number of nitrogens with zero attached hydrogens (tertiary/aromatic N) is 1. The summed E-state index contributed by atoms with van der Waals surface area (Å²) in [7, 11) is 0. The maximum absolute atomic E-state index is 12.3. The fourth-order valence-corrected chi connectivity index (χ4v) is 3.62. The van der Waals surface area contributed by atoms with Crippen LogP contribution in [0.2, 0.25) is 0 Å². The third-order valence-corrected chi connectivity index (χ3v) is 5.04. The van der Waals surface area contributed by atoms with Gasteiger partial charge >= 0.3 is 0 Å². The topological polar surface area (TPSA) is 49.4 Å². The van der Waals surface area contributed by atoms with Crippen molar-refractivity contribution in [1.82, 2.24) is 10.2 Å². The molecule has 1 aliphatic carbocycles. The van der Waals surface area contributed by atoms with Crippen molar-refractivity contribution in [3.63, 3.8) is 0 Å². The highest BCUT2D eigenvalue weighted by molar-refractivity contribution is 5.95. The Labute approximate surface area is 122 Å². The van der Waals surface area contributed by atoms with Crippen LogP contribution in [-0.2, 0) is 9.59 Å². The van der Waals surface area contributed by atoms with Gasteiger partial charge in [0.15, 0.2) is 0 Å². The van der Waals surface area contributed by atoms with Gasteiger partial charge in [0.25, 0.3) is 0 Å². The van der Waals surface area contributed by atoms with Crippen molar-refractivity contribution < 1.29 is 9.59 Å². The first-order valence-electron chi connectivity index (χ1n) is 8.24. The van der Waals surface area contributed by atoms with Crippen molar-refractivity contribution in [2.75, 3.05) is 13.1 Å². The minimum absolute atomic E-state index is 0.0717. The highest BCUT2D eigenvalue weighted by atomic mass is 16.2. The average molecular weight is 280 g/mol. The molecule has 2 amide bonds. The van der Waals surface area contributed by atoms with Crippen LogP contribution in [0.4, 0.5) is 0 Å². The average Bonchev–Trinajstić information content (AvgIpc) is 2.49. The number of carbonyl (C=O) groups is 2. The molecular weight excluding hydrogens is 252 g/mol. The first-order valence-corrected chi connectivity index (χ1v) is 8.24. The van der Waals surface area contributed by atoms with Gasteiger partial charge in [0, 0.05) is 6.54 Å². The Morgan fingerprint density at radius 3 is 2.40 bits per heavy atom. The van der Waals surface area contributed by atoms with Crippen LogP contribution >= 0.6 is 0 Å². The second kappa shape index (κ2) is 7.09. The zero-order valence-electron chi connectivity index (χ0n) is 12.9. The summed E-state index contributed by atoms with van der Waals surface area (Å²) in [4.78, 5) is 26.5. The van der Waals surface area contributed by atoms with E-state index in [4.69, 9.17) is 0 Å². The lowest BCUT2D eigenvalue weighted by Crippen LogP contribution is -2.62. The van der Waals surface area contributed by atoms with Crippen LogP contribution in [0, 0.1) is 11.8 Å². The number of piperazine rings is 1. The molecule has 4 nitrogen and oxygen atoms in total. The summed E-state index contributed by atoms with van der Waals surface area (Å²) in [5, 5.41) is 2.79. The molecule has 20 heavy (non-hydrogen) atoms. The molecule has 1 N–H and O–H groups in total. The highest BCUT2D eigenvalue weighted by Gasteiger charge is 2.40. The molecule has 0 radical (unpaired) electrons. The van der Waals surface area contributed by atoms with Gasteiger partial charge in [-0.1, -0.05) is 46.0 Å². The van der Waals surface area contributed by atoms with Crippen molar-refractivity contribution in [3.05, 3.63) is 0 Å². The van der Waals surface area contributed by atoms with E-state index in [1.807, 2.05) is 4.90 Å². The van der Waals surface area contributed by atoms with E-state index >= 15 is 0 Å². The van der Waals surface area contributed by atoms with Gasteiger partial charge in [-0.05, 0) is 24.7 Å². The largest absolute Gasteiger partial charge is 0.345 e. The molecule has 4 heteroatoms. The van der Waals surface area contributed by atoms with E-state index in [0.29, 0.717) is 11.8 Å². The van der Waals surface area contributed by atoms with Gasteiger partial charge < -0.3 is 10.2 Å². The van der Waals surface area contributed by atoms with E-state index in [1.165, 1.54) is 19.3 Å². The fourth-order valence-electron chi connectivity index (χ4n) is 3.62. The Balaban J connectivity index is 2.12.